The van der Waals surface area contributed by atoms with Gasteiger partial charge >= 0.3 is 6.09 Å². The third-order valence-electron chi connectivity index (χ3n) is 3.28. The highest BCUT2D eigenvalue weighted by Gasteiger charge is 2.49. The van der Waals surface area contributed by atoms with E-state index in [1.807, 2.05) is 27.7 Å². The monoisotopic (exact) mass is 240 g/mol. The fourth-order valence-electron chi connectivity index (χ4n) is 2.58. The number of amides is 2. The Labute approximate surface area is 101 Å². The van der Waals surface area contributed by atoms with Gasteiger partial charge in [-0.3, -0.25) is 9.69 Å². The van der Waals surface area contributed by atoms with Crippen molar-refractivity contribution in [1.82, 2.24) is 10.2 Å². The molecule has 2 heterocycles. The van der Waals surface area contributed by atoms with Gasteiger partial charge < -0.3 is 10.1 Å². The fourth-order valence-corrected chi connectivity index (χ4v) is 2.58. The molecular weight excluding hydrogens is 220 g/mol. The van der Waals surface area contributed by atoms with Crippen LogP contribution in [0.15, 0.2) is 0 Å². The molecule has 2 aliphatic rings. The number of fused-ring (bicyclic) bond motifs is 2. The first-order valence-corrected chi connectivity index (χ1v) is 6.11. The van der Waals surface area contributed by atoms with Gasteiger partial charge in [-0.15, -0.1) is 0 Å². The van der Waals surface area contributed by atoms with Crippen molar-refractivity contribution in [3.05, 3.63) is 0 Å². The van der Waals surface area contributed by atoms with E-state index in [2.05, 4.69) is 5.32 Å². The van der Waals surface area contributed by atoms with Gasteiger partial charge in [0.15, 0.2) is 0 Å². The minimum atomic E-state index is -0.520. The van der Waals surface area contributed by atoms with Crippen LogP contribution in [0.2, 0.25) is 0 Å². The van der Waals surface area contributed by atoms with Crippen LogP contribution in [0.4, 0.5) is 4.79 Å². The molecule has 17 heavy (non-hydrogen) atoms. The maximum absolute atomic E-state index is 12.1. The van der Waals surface area contributed by atoms with E-state index in [1.54, 1.807) is 4.90 Å². The molecular formula is C12H20N2O3. The van der Waals surface area contributed by atoms with Crippen molar-refractivity contribution < 1.29 is 14.3 Å². The van der Waals surface area contributed by atoms with Gasteiger partial charge in [0.1, 0.15) is 11.6 Å². The SMILES string of the molecule is C[C@@H]1NC(=O)[C@@H]2CC[C@H]1N2C(=O)OC(C)(C)C. The number of carbonyl (C=O) groups excluding carboxylic acids is 2. The Hall–Kier alpha value is -1.26. The molecule has 3 atom stereocenters. The Morgan fingerprint density at radius 1 is 1.41 bits per heavy atom. The third kappa shape index (κ3) is 2.23. The maximum Gasteiger partial charge on any atom is 0.411 e. The molecule has 5 nitrogen and oxygen atoms in total. The summed E-state index contributed by atoms with van der Waals surface area (Å²) in [6.45, 7) is 7.43. The van der Waals surface area contributed by atoms with Crippen LogP contribution in [0.5, 0.6) is 0 Å². The summed E-state index contributed by atoms with van der Waals surface area (Å²) < 4.78 is 5.36. The number of hydrogen-bond donors (Lipinski definition) is 1. The van der Waals surface area contributed by atoms with Gasteiger partial charge in [-0.1, -0.05) is 0 Å². The molecule has 96 valence electrons. The zero-order valence-corrected chi connectivity index (χ0v) is 10.8. The molecule has 0 saturated carbocycles. The Bertz CT molecular complexity index is 348. The lowest BCUT2D eigenvalue weighted by molar-refractivity contribution is -0.129. The zero-order valence-electron chi connectivity index (χ0n) is 10.8. The number of carbonyl (C=O) groups is 2. The van der Waals surface area contributed by atoms with E-state index in [0.29, 0.717) is 0 Å². The molecule has 5 heteroatoms. The highest BCUT2D eigenvalue weighted by atomic mass is 16.6. The number of hydrogen-bond acceptors (Lipinski definition) is 3. The van der Waals surface area contributed by atoms with Crippen LogP contribution in [-0.2, 0) is 9.53 Å². The molecule has 0 aliphatic carbocycles. The van der Waals surface area contributed by atoms with Gasteiger partial charge in [-0.25, -0.2) is 4.79 Å². The Morgan fingerprint density at radius 3 is 2.65 bits per heavy atom. The number of rotatable bonds is 0. The number of nitrogens with zero attached hydrogens (tertiary/aromatic N) is 1. The molecule has 0 aromatic carbocycles. The third-order valence-corrected chi connectivity index (χ3v) is 3.28. The molecule has 2 aliphatic heterocycles. The lowest BCUT2D eigenvalue weighted by atomic mass is 10.1. The number of ether oxygens (including phenoxy) is 1. The molecule has 2 bridgehead atoms. The van der Waals surface area contributed by atoms with E-state index in [-0.39, 0.29) is 30.1 Å². The summed E-state index contributed by atoms with van der Waals surface area (Å²) in [5.74, 6) is -0.0582. The zero-order chi connectivity index (χ0) is 12.8. The Morgan fingerprint density at radius 2 is 2.06 bits per heavy atom. The minimum absolute atomic E-state index is 0.00812. The predicted octanol–water partition coefficient (Wildman–Crippen LogP) is 1.27. The molecule has 2 fully saturated rings. The van der Waals surface area contributed by atoms with Crippen LogP contribution in [-0.4, -0.2) is 40.6 Å². The maximum atomic E-state index is 12.1. The van der Waals surface area contributed by atoms with Crippen LogP contribution >= 0.6 is 0 Å². The average Bonchev–Trinajstić information content (AvgIpc) is 2.52. The van der Waals surface area contributed by atoms with Crippen molar-refractivity contribution in [3.63, 3.8) is 0 Å². The topological polar surface area (TPSA) is 58.6 Å². The van der Waals surface area contributed by atoms with Gasteiger partial charge in [-0.2, -0.15) is 0 Å². The van der Waals surface area contributed by atoms with Crippen LogP contribution < -0.4 is 5.32 Å². The summed E-state index contributed by atoms with van der Waals surface area (Å²) in [6.07, 6.45) is 1.23. The van der Waals surface area contributed by atoms with E-state index >= 15 is 0 Å². The van der Waals surface area contributed by atoms with Crippen molar-refractivity contribution in [2.45, 2.75) is 64.3 Å². The van der Waals surface area contributed by atoms with E-state index in [1.165, 1.54) is 0 Å². The smallest absolute Gasteiger partial charge is 0.411 e. The largest absolute Gasteiger partial charge is 0.444 e. The molecule has 0 aromatic heterocycles. The van der Waals surface area contributed by atoms with E-state index in [4.69, 9.17) is 4.74 Å². The lowest BCUT2D eigenvalue weighted by Gasteiger charge is -2.39. The molecule has 2 saturated heterocycles. The fraction of sp³-hybridized carbons (Fsp3) is 0.833. The molecule has 2 rings (SSSR count). The molecule has 0 spiro atoms. The van der Waals surface area contributed by atoms with Gasteiger partial charge in [0.25, 0.3) is 0 Å². The van der Waals surface area contributed by atoms with Gasteiger partial charge in [0.2, 0.25) is 5.91 Å². The number of piperazine rings is 1. The molecule has 0 radical (unpaired) electrons. The first-order chi connectivity index (χ1) is 7.79. The second kappa shape index (κ2) is 3.89. The van der Waals surface area contributed by atoms with Gasteiger partial charge in [0.05, 0.1) is 6.04 Å². The van der Waals surface area contributed by atoms with Crippen LogP contribution in [0.25, 0.3) is 0 Å². The van der Waals surface area contributed by atoms with Gasteiger partial charge in [-0.05, 0) is 40.5 Å². The molecule has 1 N–H and O–H groups in total. The summed E-state index contributed by atoms with van der Waals surface area (Å²) in [7, 11) is 0. The lowest BCUT2D eigenvalue weighted by Crippen LogP contribution is -2.62. The van der Waals surface area contributed by atoms with Gasteiger partial charge in [0, 0.05) is 6.04 Å². The Balaban J connectivity index is 2.15. The van der Waals surface area contributed by atoms with E-state index in [0.717, 1.165) is 12.8 Å². The predicted molar refractivity (Wildman–Crippen MR) is 62.5 cm³/mol. The summed E-state index contributed by atoms with van der Waals surface area (Å²) in [5, 5.41) is 2.90. The van der Waals surface area contributed by atoms with E-state index in [9.17, 15) is 9.59 Å². The summed E-state index contributed by atoms with van der Waals surface area (Å²) in [6, 6.07) is -0.257. The van der Waals surface area contributed by atoms with Crippen LogP contribution in [0, 0.1) is 0 Å². The molecule has 0 aromatic rings. The first-order valence-electron chi connectivity index (χ1n) is 6.11. The Kier molecular flexibility index (Phi) is 2.79. The second-order valence-electron chi connectivity index (χ2n) is 5.85. The van der Waals surface area contributed by atoms with Crippen LogP contribution in [0.1, 0.15) is 40.5 Å². The summed E-state index contributed by atoms with van der Waals surface area (Å²) >= 11 is 0. The average molecular weight is 240 g/mol. The van der Waals surface area contributed by atoms with Crippen molar-refractivity contribution >= 4 is 12.0 Å². The standard InChI is InChI=1S/C12H20N2O3/c1-7-8-5-6-9(10(15)13-7)14(8)11(16)17-12(2,3)4/h7-9H,5-6H2,1-4H3,(H,13,15)/t7-,8+,9-/m0/s1. The molecule has 0 unspecified atom stereocenters. The summed E-state index contributed by atoms with van der Waals surface area (Å²) in [4.78, 5) is 25.5. The first kappa shape index (κ1) is 12.2. The minimum Gasteiger partial charge on any atom is -0.444 e. The van der Waals surface area contributed by atoms with Crippen molar-refractivity contribution in [2.24, 2.45) is 0 Å². The van der Waals surface area contributed by atoms with Crippen molar-refractivity contribution in [3.8, 4) is 0 Å². The second-order valence-corrected chi connectivity index (χ2v) is 5.85. The normalized spacial score (nSPS) is 32.4. The summed E-state index contributed by atoms with van der Waals surface area (Å²) in [5.41, 5.74) is -0.520. The highest BCUT2D eigenvalue weighted by molar-refractivity contribution is 5.88. The molecule has 2 amide bonds. The van der Waals surface area contributed by atoms with E-state index < -0.39 is 5.60 Å². The van der Waals surface area contributed by atoms with Crippen LogP contribution in [0.3, 0.4) is 0 Å². The van der Waals surface area contributed by atoms with Crippen molar-refractivity contribution in [2.75, 3.05) is 0 Å². The quantitative estimate of drug-likeness (QED) is 0.693. The highest BCUT2D eigenvalue weighted by Crippen LogP contribution is 2.31. The number of nitrogens with one attached hydrogen (secondary N) is 1. The van der Waals surface area contributed by atoms with Crippen molar-refractivity contribution in [1.29, 1.82) is 0 Å².